The molecule has 4 aliphatic heterocycles. The van der Waals surface area contributed by atoms with Crippen LogP contribution in [0.4, 0.5) is 4.79 Å². The first-order valence-electron chi connectivity index (χ1n) is 20.0. The fourth-order valence-corrected chi connectivity index (χ4v) is 9.56. The standard InChI is InChI=1S/C40H69NO14/c1-15-28-40(11)34(54-37(45)55-40)23(5)30(43)20(2)17-39(10,46)33(53-36-32(50-26(8)42)27(41(12)13)16-21(3)49-36)24(6)31(25(7)35(44)51-28)52-29-19-38(9,47-14)18-22(4)48-29/h20-25,27-34,36,43,46H,15-19H2,1-14H3/t20-,21-,22+,23-,24+,25-,27+,28+,29+,30+,31+,32-,33-,34-,36+,38+,39-,40-/m1/s1. The molecule has 318 valence electrons. The first-order valence-corrected chi connectivity index (χ1v) is 20.0. The van der Waals surface area contributed by atoms with Gasteiger partial charge in [-0.3, -0.25) is 9.59 Å². The average Bonchev–Trinajstić information content (AvgIpc) is 3.40. The van der Waals surface area contributed by atoms with Crippen LogP contribution >= 0.6 is 0 Å². The molecule has 55 heavy (non-hydrogen) atoms. The van der Waals surface area contributed by atoms with Gasteiger partial charge < -0.3 is 57.7 Å². The number of esters is 2. The number of carbonyl (C=O) groups is 3. The zero-order valence-corrected chi connectivity index (χ0v) is 35.4. The number of ether oxygens (including phenoxy) is 9. The van der Waals surface area contributed by atoms with Gasteiger partial charge in [0.1, 0.15) is 6.10 Å². The van der Waals surface area contributed by atoms with Crippen LogP contribution in [0.3, 0.4) is 0 Å². The van der Waals surface area contributed by atoms with Crippen LogP contribution in [-0.2, 0) is 52.2 Å². The Kier molecular flexibility index (Phi) is 14.8. The van der Waals surface area contributed by atoms with Gasteiger partial charge in [0.2, 0.25) is 0 Å². The van der Waals surface area contributed by atoms with Crippen molar-refractivity contribution in [3.63, 3.8) is 0 Å². The highest BCUT2D eigenvalue weighted by Gasteiger charge is 2.59. The maximum Gasteiger partial charge on any atom is 0.509 e. The number of hydrogen-bond donors (Lipinski definition) is 2. The van der Waals surface area contributed by atoms with Gasteiger partial charge in [-0.2, -0.15) is 0 Å². The van der Waals surface area contributed by atoms with E-state index in [4.69, 9.17) is 42.6 Å². The van der Waals surface area contributed by atoms with Crippen molar-refractivity contribution in [3.05, 3.63) is 0 Å². The van der Waals surface area contributed by atoms with Crippen LogP contribution in [0.25, 0.3) is 0 Å². The third-order valence-electron chi connectivity index (χ3n) is 12.5. The number of likely N-dealkylation sites (N-methyl/N-ethyl adjacent to an activating group) is 1. The van der Waals surface area contributed by atoms with Gasteiger partial charge in [-0.05, 0) is 80.8 Å². The molecule has 0 radical (unpaired) electrons. The fraction of sp³-hybridized carbons (Fsp3) is 0.925. The Morgan fingerprint density at radius 3 is 2.15 bits per heavy atom. The Balaban J connectivity index is 1.86. The third kappa shape index (κ3) is 10.1. The van der Waals surface area contributed by atoms with Crippen LogP contribution in [-0.4, -0.2) is 139 Å². The van der Waals surface area contributed by atoms with Gasteiger partial charge in [0.15, 0.2) is 30.4 Å². The molecule has 0 aromatic heterocycles. The molecule has 4 rings (SSSR count). The van der Waals surface area contributed by atoms with E-state index in [2.05, 4.69) is 0 Å². The SMILES string of the molecule is CC[C@@H]1OC(=O)[C@H](C)[C@@H](O[C@H]2C[C@@](C)(OC)C[C@H](C)O2)[C@H](C)[C@@H](O[C@@H]2O[C@H](C)C[C@H](N(C)C)[C@H]2OC(C)=O)[C@](C)(O)C[C@@H](C)[C@H](O)[C@@H](C)[C@H]2OC(=O)O[C@]12C. The zero-order valence-electron chi connectivity index (χ0n) is 35.4. The molecule has 0 aliphatic carbocycles. The van der Waals surface area contributed by atoms with Gasteiger partial charge in [-0.1, -0.05) is 27.7 Å². The Bertz CT molecular complexity index is 1330. The quantitative estimate of drug-likeness (QED) is 0.262. The average molecular weight is 788 g/mol. The molecular formula is C40H69NO14. The predicted octanol–water partition coefficient (Wildman–Crippen LogP) is 4.36. The summed E-state index contributed by atoms with van der Waals surface area (Å²) >= 11 is 0. The molecule has 0 spiro atoms. The second kappa shape index (κ2) is 17.8. The number of methoxy groups -OCH3 is 1. The Morgan fingerprint density at radius 1 is 0.909 bits per heavy atom. The number of aliphatic hydroxyl groups excluding tert-OH is 1. The number of hydrogen-bond acceptors (Lipinski definition) is 15. The van der Waals surface area contributed by atoms with Crippen molar-refractivity contribution in [2.24, 2.45) is 23.7 Å². The molecular weight excluding hydrogens is 718 g/mol. The number of aliphatic hydroxyl groups is 2. The monoisotopic (exact) mass is 787 g/mol. The Morgan fingerprint density at radius 2 is 1.56 bits per heavy atom. The summed E-state index contributed by atoms with van der Waals surface area (Å²) in [4.78, 5) is 41.6. The minimum absolute atomic E-state index is 0.00479. The van der Waals surface area contributed by atoms with Crippen molar-refractivity contribution in [1.82, 2.24) is 4.90 Å². The van der Waals surface area contributed by atoms with Crippen molar-refractivity contribution in [1.29, 1.82) is 0 Å². The highest BCUT2D eigenvalue weighted by Crippen LogP contribution is 2.44. The maximum absolute atomic E-state index is 14.4. The van der Waals surface area contributed by atoms with Crippen molar-refractivity contribution in [3.8, 4) is 0 Å². The van der Waals surface area contributed by atoms with E-state index in [0.29, 0.717) is 19.3 Å². The molecule has 4 aliphatic rings. The molecule has 0 saturated carbocycles. The van der Waals surface area contributed by atoms with Crippen LogP contribution in [0.2, 0.25) is 0 Å². The minimum atomic E-state index is -1.72. The first-order chi connectivity index (χ1) is 25.5. The summed E-state index contributed by atoms with van der Waals surface area (Å²) in [5.74, 6) is -4.19. The smallest absolute Gasteiger partial charge is 0.458 e. The summed E-state index contributed by atoms with van der Waals surface area (Å²) < 4.78 is 55.7. The number of fused-ring (bicyclic) bond motifs is 1. The van der Waals surface area contributed by atoms with Gasteiger partial charge in [0.25, 0.3) is 0 Å². The maximum atomic E-state index is 14.4. The largest absolute Gasteiger partial charge is 0.509 e. The molecule has 4 heterocycles. The lowest BCUT2D eigenvalue weighted by Gasteiger charge is -2.49. The number of rotatable bonds is 8. The molecule has 0 bridgehead atoms. The van der Waals surface area contributed by atoms with E-state index in [1.54, 1.807) is 41.7 Å². The van der Waals surface area contributed by atoms with E-state index >= 15 is 0 Å². The Hall–Kier alpha value is -2.11. The molecule has 0 unspecified atom stereocenters. The first kappa shape index (κ1) is 45.6. The summed E-state index contributed by atoms with van der Waals surface area (Å²) in [7, 11) is 5.41. The lowest BCUT2D eigenvalue weighted by Crippen LogP contribution is -2.61. The number of cyclic esters (lactones) is 1. The van der Waals surface area contributed by atoms with Gasteiger partial charge in [0.05, 0.1) is 53.7 Å². The van der Waals surface area contributed by atoms with E-state index < -0.39 is 108 Å². The molecule has 4 saturated heterocycles. The molecule has 0 aromatic rings. The van der Waals surface area contributed by atoms with Crippen LogP contribution in [0.5, 0.6) is 0 Å². The van der Waals surface area contributed by atoms with E-state index in [1.165, 1.54) is 6.92 Å². The van der Waals surface area contributed by atoms with Gasteiger partial charge in [-0.25, -0.2) is 4.79 Å². The molecule has 15 heteroatoms. The second-order valence-electron chi connectivity index (χ2n) is 17.7. The van der Waals surface area contributed by atoms with Crippen molar-refractivity contribution in [2.45, 2.75) is 193 Å². The van der Waals surface area contributed by atoms with Crippen LogP contribution in [0.15, 0.2) is 0 Å². The highest BCUT2D eigenvalue weighted by molar-refractivity contribution is 5.73. The lowest BCUT2D eigenvalue weighted by atomic mass is 9.73. The topological polar surface area (TPSA) is 178 Å². The minimum Gasteiger partial charge on any atom is -0.458 e. The van der Waals surface area contributed by atoms with E-state index in [-0.39, 0.29) is 31.1 Å². The molecule has 0 amide bonds. The summed E-state index contributed by atoms with van der Waals surface area (Å²) in [6.45, 7) is 19.3. The lowest BCUT2D eigenvalue weighted by molar-refractivity contribution is -0.312. The van der Waals surface area contributed by atoms with E-state index in [0.717, 1.165) is 0 Å². The van der Waals surface area contributed by atoms with Crippen LogP contribution < -0.4 is 0 Å². The van der Waals surface area contributed by atoms with Crippen molar-refractivity contribution >= 4 is 18.1 Å². The molecule has 0 aromatic carbocycles. The summed E-state index contributed by atoms with van der Waals surface area (Å²) in [5.41, 5.74) is -3.71. The highest BCUT2D eigenvalue weighted by atomic mass is 16.8. The predicted molar refractivity (Wildman–Crippen MR) is 199 cm³/mol. The molecule has 18 atom stereocenters. The fourth-order valence-electron chi connectivity index (χ4n) is 9.56. The number of nitrogens with zero attached hydrogens (tertiary/aromatic N) is 1. The van der Waals surface area contributed by atoms with Crippen LogP contribution in [0, 0.1) is 23.7 Å². The second-order valence-corrected chi connectivity index (χ2v) is 17.7. The third-order valence-corrected chi connectivity index (χ3v) is 12.5. The zero-order chi connectivity index (χ0) is 41.4. The number of carbonyl (C=O) groups excluding carboxylic acids is 3. The summed E-state index contributed by atoms with van der Waals surface area (Å²) in [5, 5.41) is 24.5. The molecule has 15 nitrogen and oxygen atoms in total. The van der Waals surface area contributed by atoms with Crippen molar-refractivity contribution in [2.75, 3.05) is 21.2 Å². The normalized spacial score (nSPS) is 47.5. The molecule has 2 N–H and O–H groups in total. The van der Waals surface area contributed by atoms with Crippen LogP contribution in [0.1, 0.15) is 108 Å². The summed E-state index contributed by atoms with van der Waals surface area (Å²) in [6, 6.07) is -0.278. The van der Waals surface area contributed by atoms with E-state index in [1.807, 2.05) is 53.6 Å². The molecule has 4 fully saturated rings. The summed E-state index contributed by atoms with van der Waals surface area (Å²) in [6.07, 6.45) is -7.60. The van der Waals surface area contributed by atoms with Crippen molar-refractivity contribution < 1.29 is 67.2 Å². The Labute approximate surface area is 327 Å². The van der Waals surface area contributed by atoms with E-state index in [9.17, 15) is 24.6 Å². The van der Waals surface area contributed by atoms with Gasteiger partial charge in [-0.15, -0.1) is 0 Å². The van der Waals surface area contributed by atoms with Gasteiger partial charge >= 0.3 is 18.1 Å². The van der Waals surface area contributed by atoms with Gasteiger partial charge in [0, 0.05) is 38.7 Å².